The van der Waals surface area contributed by atoms with Crippen LogP contribution in [0.25, 0.3) is 0 Å². The Hall–Kier alpha value is -1.51. The van der Waals surface area contributed by atoms with Gasteiger partial charge in [0.1, 0.15) is 0 Å². The molecular formula is C15H23NO2. The number of carbonyl (C=O) groups is 1. The fourth-order valence-corrected chi connectivity index (χ4v) is 1.89. The minimum atomic E-state index is -0.740. The first kappa shape index (κ1) is 14.6. The summed E-state index contributed by atoms with van der Waals surface area (Å²) in [5, 5.41) is 9.03. The predicted molar refractivity (Wildman–Crippen MR) is 75.0 cm³/mol. The lowest BCUT2D eigenvalue weighted by Gasteiger charge is -2.28. The van der Waals surface area contributed by atoms with Gasteiger partial charge < -0.3 is 10.0 Å². The molecule has 0 fully saturated rings. The van der Waals surface area contributed by atoms with E-state index >= 15 is 0 Å². The Labute approximate surface area is 109 Å². The van der Waals surface area contributed by atoms with Crippen molar-refractivity contribution in [3.05, 3.63) is 29.8 Å². The van der Waals surface area contributed by atoms with Crippen LogP contribution in [0.1, 0.15) is 26.3 Å². The van der Waals surface area contributed by atoms with Crippen LogP contribution >= 0.6 is 0 Å². The third kappa shape index (κ3) is 4.40. The van der Waals surface area contributed by atoms with Gasteiger partial charge in [0.25, 0.3) is 0 Å². The Kier molecular flexibility index (Phi) is 5.20. The van der Waals surface area contributed by atoms with Crippen LogP contribution in [0.3, 0.4) is 0 Å². The molecule has 1 rings (SSSR count). The van der Waals surface area contributed by atoms with Gasteiger partial charge in [-0.15, -0.1) is 0 Å². The molecule has 0 aliphatic rings. The van der Waals surface area contributed by atoms with Crippen molar-refractivity contribution in [2.24, 2.45) is 11.8 Å². The Morgan fingerprint density at radius 3 is 2.17 bits per heavy atom. The van der Waals surface area contributed by atoms with E-state index in [4.69, 9.17) is 5.11 Å². The summed E-state index contributed by atoms with van der Waals surface area (Å²) in [6.45, 7) is 9.52. The zero-order valence-corrected chi connectivity index (χ0v) is 11.7. The quantitative estimate of drug-likeness (QED) is 0.841. The van der Waals surface area contributed by atoms with Gasteiger partial charge >= 0.3 is 5.97 Å². The normalized spacial score (nSPS) is 12.5. The Balaban J connectivity index is 2.83. The van der Waals surface area contributed by atoms with Crippen LogP contribution in [0.5, 0.6) is 0 Å². The van der Waals surface area contributed by atoms with Crippen molar-refractivity contribution in [2.45, 2.75) is 27.7 Å². The highest BCUT2D eigenvalue weighted by atomic mass is 16.4. The topological polar surface area (TPSA) is 40.5 Å². The molecule has 1 aromatic rings. The fourth-order valence-electron chi connectivity index (χ4n) is 1.89. The molecule has 0 amide bonds. The second-order valence-corrected chi connectivity index (χ2v) is 5.37. The number of aliphatic carboxylic acids is 1. The Morgan fingerprint density at radius 1 is 1.17 bits per heavy atom. The number of anilines is 1. The van der Waals surface area contributed by atoms with E-state index in [0.717, 1.165) is 12.2 Å². The maximum atomic E-state index is 11.0. The largest absolute Gasteiger partial charge is 0.481 e. The lowest BCUT2D eigenvalue weighted by atomic mass is 10.1. The minimum Gasteiger partial charge on any atom is -0.481 e. The zero-order valence-electron chi connectivity index (χ0n) is 11.7. The summed E-state index contributed by atoms with van der Waals surface area (Å²) in [6, 6.07) is 8.25. The smallest absolute Gasteiger partial charge is 0.308 e. The molecule has 0 bridgehead atoms. The average molecular weight is 249 g/mol. The number of rotatable bonds is 6. The fraction of sp³-hybridized carbons (Fsp3) is 0.533. The van der Waals surface area contributed by atoms with Crippen molar-refractivity contribution in [3.8, 4) is 0 Å². The monoisotopic (exact) mass is 249 g/mol. The molecule has 0 saturated carbocycles. The summed E-state index contributed by atoms with van der Waals surface area (Å²) >= 11 is 0. The van der Waals surface area contributed by atoms with Crippen LogP contribution in [0.2, 0.25) is 0 Å². The molecule has 0 aromatic heterocycles. The number of carboxylic acid groups (broad SMARTS) is 1. The second kappa shape index (κ2) is 6.43. The lowest BCUT2D eigenvalue weighted by molar-refractivity contribution is -0.140. The summed E-state index contributed by atoms with van der Waals surface area (Å²) in [4.78, 5) is 13.1. The van der Waals surface area contributed by atoms with Gasteiger partial charge in [-0.3, -0.25) is 4.79 Å². The van der Waals surface area contributed by atoms with Crippen LogP contribution in [-0.2, 0) is 4.79 Å². The average Bonchev–Trinajstić information content (AvgIpc) is 2.28. The lowest BCUT2D eigenvalue weighted by Crippen LogP contribution is -2.34. The Bertz CT molecular complexity index is 384. The van der Waals surface area contributed by atoms with E-state index in [-0.39, 0.29) is 5.92 Å². The molecule has 1 unspecified atom stereocenters. The van der Waals surface area contributed by atoms with Gasteiger partial charge in [-0.2, -0.15) is 0 Å². The molecule has 0 heterocycles. The van der Waals surface area contributed by atoms with Gasteiger partial charge in [-0.05, 0) is 25.0 Å². The SMILES string of the molecule is Cc1ccc(N(CC(C)C)CC(C)C(=O)O)cc1. The summed E-state index contributed by atoms with van der Waals surface area (Å²) in [6.07, 6.45) is 0. The van der Waals surface area contributed by atoms with E-state index < -0.39 is 5.97 Å². The third-order valence-corrected chi connectivity index (χ3v) is 2.90. The highest BCUT2D eigenvalue weighted by Gasteiger charge is 2.17. The first-order valence-electron chi connectivity index (χ1n) is 6.44. The van der Waals surface area contributed by atoms with Crippen molar-refractivity contribution in [3.63, 3.8) is 0 Å². The summed E-state index contributed by atoms with van der Waals surface area (Å²) < 4.78 is 0. The van der Waals surface area contributed by atoms with Crippen molar-refractivity contribution in [2.75, 3.05) is 18.0 Å². The van der Waals surface area contributed by atoms with Gasteiger partial charge in [-0.25, -0.2) is 0 Å². The maximum absolute atomic E-state index is 11.0. The molecule has 1 N–H and O–H groups in total. The number of aryl methyl sites for hydroxylation is 1. The molecule has 100 valence electrons. The molecular weight excluding hydrogens is 226 g/mol. The number of nitrogens with zero attached hydrogens (tertiary/aromatic N) is 1. The van der Waals surface area contributed by atoms with E-state index in [1.807, 2.05) is 0 Å². The molecule has 0 radical (unpaired) electrons. The van der Waals surface area contributed by atoms with Crippen molar-refractivity contribution >= 4 is 11.7 Å². The van der Waals surface area contributed by atoms with E-state index in [1.165, 1.54) is 5.56 Å². The number of hydrogen-bond acceptors (Lipinski definition) is 2. The van der Waals surface area contributed by atoms with Crippen molar-refractivity contribution < 1.29 is 9.90 Å². The molecule has 0 aliphatic heterocycles. The van der Waals surface area contributed by atoms with Crippen LogP contribution in [0.4, 0.5) is 5.69 Å². The van der Waals surface area contributed by atoms with Crippen molar-refractivity contribution in [1.29, 1.82) is 0 Å². The molecule has 0 spiro atoms. The molecule has 0 aliphatic carbocycles. The highest BCUT2D eigenvalue weighted by molar-refractivity contribution is 5.70. The number of carboxylic acids is 1. The minimum absolute atomic E-state index is 0.356. The standard InChI is InChI=1S/C15H23NO2/c1-11(2)9-16(10-13(4)15(17)18)14-7-5-12(3)6-8-14/h5-8,11,13H,9-10H2,1-4H3,(H,17,18). The third-order valence-electron chi connectivity index (χ3n) is 2.90. The summed E-state index contributed by atoms with van der Waals surface area (Å²) in [5.41, 5.74) is 2.32. The molecule has 18 heavy (non-hydrogen) atoms. The van der Waals surface area contributed by atoms with Gasteiger partial charge in [0.15, 0.2) is 0 Å². The van der Waals surface area contributed by atoms with Gasteiger partial charge in [0.2, 0.25) is 0 Å². The van der Waals surface area contributed by atoms with E-state index in [2.05, 4.69) is 49.9 Å². The second-order valence-electron chi connectivity index (χ2n) is 5.37. The highest BCUT2D eigenvalue weighted by Crippen LogP contribution is 2.18. The molecule has 1 atom stereocenters. The van der Waals surface area contributed by atoms with Gasteiger partial charge in [0, 0.05) is 18.8 Å². The number of hydrogen-bond donors (Lipinski definition) is 1. The molecule has 3 heteroatoms. The predicted octanol–water partition coefficient (Wildman–Crippen LogP) is 3.18. The molecule has 3 nitrogen and oxygen atoms in total. The van der Waals surface area contributed by atoms with Gasteiger partial charge in [-0.1, -0.05) is 38.5 Å². The summed E-state index contributed by atoms with van der Waals surface area (Å²) in [7, 11) is 0. The van der Waals surface area contributed by atoms with Crippen LogP contribution < -0.4 is 4.90 Å². The van der Waals surface area contributed by atoms with E-state index in [9.17, 15) is 4.79 Å². The number of benzene rings is 1. The summed E-state index contributed by atoms with van der Waals surface area (Å²) in [5.74, 6) is -0.590. The van der Waals surface area contributed by atoms with E-state index in [1.54, 1.807) is 6.92 Å². The van der Waals surface area contributed by atoms with E-state index in [0.29, 0.717) is 12.5 Å². The van der Waals surface area contributed by atoms with Crippen molar-refractivity contribution in [1.82, 2.24) is 0 Å². The van der Waals surface area contributed by atoms with Crippen LogP contribution in [0.15, 0.2) is 24.3 Å². The first-order valence-corrected chi connectivity index (χ1v) is 6.44. The van der Waals surface area contributed by atoms with Gasteiger partial charge in [0.05, 0.1) is 5.92 Å². The van der Waals surface area contributed by atoms with Crippen LogP contribution in [0, 0.1) is 18.8 Å². The first-order chi connectivity index (χ1) is 8.40. The van der Waals surface area contributed by atoms with Crippen LogP contribution in [-0.4, -0.2) is 24.2 Å². The molecule has 0 saturated heterocycles. The molecule has 1 aromatic carbocycles. The maximum Gasteiger partial charge on any atom is 0.308 e. The Morgan fingerprint density at radius 2 is 1.72 bits per heavy atom. The zero-order chi connectivity index (χ0) is 13.7.